The average molecular weight is 397 g/mol. The molecule has 10 heteroatoms. The maximum Gasteiger partial charge on any atom is 0.240 e. The van der Waals surface area contributed by atoms with Gasteiger partial charge >= 0.3 is 0 Å². The van der Waals surface area contributed by atoms with Crippen LogP contribution in [0.3, 0.4) is 0 Å². The zero-order valence-electron chi connectivity index (χ0n) is 15.0. The zero-order valence-corrected chi connectivity index (χ0v) is 16.7. The SMILES string of the molecule is CCN(CC)C(=O)CN1CCCN(Cc2noc(CN)n2)CC1.Cl.Cl. The van der Waals surface area contributed by atoms with Gasteiger partial charge in [-0.3, -0.25) is 14.6 Å². The van der Waals surface area contributed by atoms with E-state index in [9.17, 15) is 4.79 Å². The van der Waals surface area contributed by atoms with Crippen molar-refractivity contribution in [3.8, 4) is 0 Å². The third-order valence-electron chi connectivity index (χ3n) is 4.21. The maximum absolute atomic E-state index is 12.2. The van der Waals surface area contributed by atoms with E-state index in [4.69, 9.17) is 10.3 Å². The minimum Gasteiger partial charge on any atom is -0.342 e. The molecule has 1 aliphatic rings. The lowest BCUT2D eigenvalue weighted by Crippen LogP contribution is -2.41. The number of halogens is 2. The van der Waals surface area contributed by atoms with Crippen LogP contribution in [0.15, 0.2) is 4.52 Å². The molecular formula is C15H30Cl2N6O2. The summed E-state index contributed by atoms with van der Waals surface area (Å²) in [6, 6.07) is 0. The van der Waals surface area contributed by atoms with E-state index >= 15 is 0 Å². The summed E-state index contributed by atoms with van der Waals surface area (Å²) in [6.45, 7) is 10.7. The van der Waals surface area contributed by atoms with E-state index in [2.05, 4.69) is 19.9 Å². The lowest BCUT2D eigenvalue weighted by Gasteiger charge is -2.25. The van der Waals surface area contributed by atoms with Gasteiger partial charge in [0.25, 0.3) is 0 Å². The molecule has 25 heavy (non-hydrogen) atoms. The molecule has 2 rings (SSSR count). The van der Waals surface area contributed by atoms with Crippen molar-refractivity contribution < 1.29 is 9.32 Å². The van der Waals surface area contributed by atoms with Crippen molar-refractivity contribution in [2.24, 2.45) is 5.73 Å². The largest absolute Gasteiger partial charge is 0.342 e. The number of likely N-dealkylation sites (N-methyl/N-ethyl adjacent to an activating group) is 1. The Morgan fingerprint density at radius 1 is 1.16 bits per heavy atom. The molecule has 0 unspecified atom stereocenters. The van der Waals surface area contributed by atoms with Gasteiger partial charge in [0.2, 0.25) is 11.8 Å². The van der Waals surface area contributed by atoms with E-state index in [-0.39, 0.29) is 37.3 Å². The van der Waals surface area contributed by atoms with Crippen LogP contribution in [0.5, 0.6) is 0 Å². The highest BCUT2D eigenvalue weighted by atomic mass is 35.5. The quantitative estimate of drug-likeness (QED) is 0.726. The summed E-state index contributed by atoms with van der Waals surface area (Å²) in [5.74, 6) is 1.37. The second-order valence-electron chi connectivity index (χ2n) is 5.78. The second-order valence-corrected chi connectivity index (χ2v) is 5.78. The lowest BCUT2D eigenvalue weighted by atomic mass is 10.3. The van der Waals surface area contributed by atoms with Gasteiger partial charge in [-0.25, -0.2) is 0 Å². The van der Waals surface area contributed by atoms with Crippen molar-refractivity contribution >= 4 is 30.7 Å². The van der Waals surface area contributed by atoms with E-state index in [0.29, 0.717) is 24.8 Å². The highest BCUT2D eigenvalue weighted by molar-refractivity contribution is 5.85. The normalized spacial score (nSPS) is 15.8. The number of hydrogen-bond donors (Lipinski definition) is 1. The molecule has 2 N–H and O–H groups in total. The van der Waals surface area contributed by atoms with E-state index in [1.165, 1.54) is 0 Å². The van der Waals surface area contributed by atoms with Crippen molar-refractivity contribution in [2.45, 2.75) is 33.4 Å². The molecule has 1 fully saturated rings. The smallest absolute Gasteiger partial charge is 0.240 e. The molecule has 0 aliphatic carbocycles. The average Bonchev–Trinajstić information content (AvgIpc) is 2.89. The first-order chi connectivity index (χ1) is 11.2. The van der Waals surface area contributed by atoms with Crippen molar-refractivity contribution in [3.63, 3.8) is 0 Å². The van der Waals surface area contributed by atoms with E-state index in [1.54, 1.807) is 0 Å². The Bertz CT molecular complexity index is 498. The molecular weight excluding hydrogens is 367 g/mol. The molecule has 0 saturated carbocycles. The zero-order chi connectivity index (χ0) is 16.7. The number of rotatable bonds is 7. The number of amides is 1. The fraction of sp³-hybridized carbons (Fsp3) is 0.800. The van der Waals surface area contributed by atoms with Gasteiger partial charge in [-0.15, -0.1) is 24.8 Å². The van der Waals surface area contributed by atoms with Crippen LogP contribution >= 0.6 is 24.8 Å². The molecule has 146 valence electrons. The van der Waals surface area contributed by atoms with Crippen LogP contribution in [0.1, 0.15) is 32.0 Å². The first-order valence-electron chi connectivity index (χ1n) is 8.40. The summed E-state index contributed by atoms with van der Waals surface area (Å²) in [4.78, 5) is 22.9. The summed E-state index contributed by atoms with van der Waals surface area (Å²) in [5, 5.41) is 3.94. The van der Waals surface area contributed by atoms with E-state index in [0.717, 1.165) is 45.7 Å². The fourth-order valence-corrected chi connectivity index (χ4v) is 2.85. The first-order valence-corrected chi connectivity index (χ1v) is 8.40. The number of carbonyl (C=O) groups is 1. The Hall–Kier alpha value is -0.930. The molecule has 1 aliphatic heterocycles. The number of nitrogens with two attached hydrogens (primary N) is 1. The number of aromatic nitrogens is 2. The standard InChI is InChI=1S/C15H28N6O2.2ClH/c1-3-21(4-2)15(22)12-20-7-5-6-19(8-9-20)11-13-17-14(10-16)23-18-13;;/h3-12,16H2,1-2H3;2*1H. The molecule has 0 aromatic carbocycles. The fourth-order valence-electron chi connectivity index (χ4n) is 2.85. The number of carbonyl (C=O) groups excluding carboxylic acids is 1. The molecule has 0 bridgehead atoms. The van der Waals surface area contributed by atoms with Crippen LogP contribution in [0, 0.1) is 0 Å². The first kappa shape index (κ1) is 24.1. The molecule has 1 saturated heterocycles. The third kappa shape index (κ3) is 7.45. The summed E-state index contributed by atoms with van der Waals surface area (Å²) in [5.41, 5.74) is 5.48. The molecule has 0 atom stereocenters. The third-order valence-corrected chi connectivity index (χ3v) is 4.21. The van der Waals surface area contributed by atoms with Crippen LogP contribution < -0.4 is 5.73 Å². The van der Waals surface area contributed by atoms with Crippen molar-refractivity contribution in [2.75, 3.05) is 45.8 Å². The predicted molar refractivity (Wildman–Crippen MR) is 101 cm³/mol. The van der Waals surface area contributed by atoms with Crippen molar-refractivity contribution in [3.05, 3.63) is 11.7 Å². The second kappa shape index (κ2) is 12.4. The monoisotopic (exact) mass is 396 g/mol. The van der Waals surface area contributed by atoms with Gasteiger partial charge in [0.1, 0.15) is 0 Å². The van der Waals surface area contributed by atoms with Crippen LogP contribution in [-0.4, -0.2) is 76.6 Å². The van der Waals surface area contributed by atoms with E-state index in [1.807, 2.05) is 18.7 Å². The number of nitrogens with zero attached hydrogens (tertiary/aromatic N) is 5. The Kier molecular flexibility index (Phi) is 12.0. The molecule has 0 radical (unpaired) electrons. The lowest BCUT2D eigenvalue weighted by molar-refractivity contribution is -0.132. The minimum atomic E-state index is 0. The van der Waals surface area contributed by atoms with Crippen LogP contribution in [0.25, 0.3) is 0 Å². The summed E-state index contributed by atoms with van der Waals surface area (Å²) < 4.78 is 5.04. The van der Waals surface area contributed by atoms with Crippen molar-refractivity contribution in [1.82, 2.24) is 24.8 Å². The Labute approximate surface area is 161 Å². The van der Waals surface area contributed by atoms with E-state index < -0.39 is 0 Å². The van der Waals surface area contributed by atoms with Gasteiger partial charge in [-0.2, -0.15) is 4.98 Å². The van der Waals surface area contributed by atoms with Gasteiger partial charge in [0.15, 0.2) is 5.82 Å². The molecule has 2 heterocycles. The topological polar surface area (TPSA) is 91.7 Å². The van der Waals surface area contributed by atoms with Crippen molar-refractivity contribution in [1.29, 1.82) is 0 Å². The summed E-state index contributed by atoms with van der Waals surface area (Å²) in [6.07, 6.45) is 1.03. The summed E-state index contributed by atoms with van der Waals surface area (Å²) in [7, 11) is 0. The predicted octanol–water partition coefficient (Wildman–Crippen LogP) is 0.748. The maximum atomic E-state index is 12.2. The molecule has 1 amide bonds. The Balaban J connectivity index is 0.00000288. The number of hydrogen-bond acceptors (Lipinski definition) is 7. The van der Waals surface area contributed by atoms with Gasteiger partial charge in [0.05, 0.1) is 19.6 Å². The Morgan fingerprint density at radius 3 is 2.40 bits per heavy atom. The summed E-state index contributed by atoms with van der Waals surface area (Å²) >= 11 is 0. The molecule has 1 aromatic rings. The van der Waals surface area contributed by atoms with Gasteiger partial charge in [-0.05, 0) is 33.4 Å². The van der Waals surface area contributed by atoms with Crippen LogP contribution in [0.2, 0.25) is 0 Å². The Morgan fingerprint density at radius 2 is 1.80 bits per heavy atom. The molecule has 0 spiro atoms. The molecule has 8 nitrogen and oxygen atoms in total. The van der Waals surface area contributed by atoms with Crippen LogP contribution in [-0.2, 0) is 17.9 Å². The van der Waals surface area contributed by atoms with Crippen LogP contribution in [0.4, 0.5) is 0 Å². The highest BCUT2D eigenvalue weighted by Crippen LogP contribution is 2.08. The van der Waals surface area contributed by atoms with Gasteiger partial charge in [-0.1, -0.05) is 5.16 Å². The van der Waals surface area contributed by atoms with Gasteiger partial charge < -0.3 is 15.2 Å². The minimum absolute atomic E-state index is 0. The molecule has 1 aromatic heterocycles. The highest BCUT2D eigenvalue weighted by Gasteiger charge is 2.20. The van der Waals surface area contributed by atoms with Gasteiger partial charge in [0, 0.05) is 26.2 Å².